The number of fused-ring (bicyclic) bond motifs is 1. The molecule has 114 valence electrons. The number of nitrogens with zero attached hydrogens (tertiary/aromatic N) is 2. The van der Waals surface area contributed by atoms with E-state index in [2.05, 4.69) is 10.2 Å². The molecule has 0 radical (unpaired) electrons. The zero-order valence-electron chi connectivity index (χ0n) is 11.9. The number of aromatic nitrogens is 2. The number of aromatic amines is 1. The lowest BCUT2D eigenvalue weighted by molar-refractivity contribution is 0.174. The number of carbonyl (C=O) groups excluding carboxylic acids is 1. The summed E-state index contributed by atoms with van der Waals surface area (Å²) >= 11 is 0. The average molecular weight is 300 g/mol. The molecule has 7 heteroatoms. The minimum Gasteiger partial charge on any atom is -0.454 e. The number of H-pyrrole nitrogens is 1. The Kier molecular flexibility index (Phi) is 2.92. The van der Waals surface area contributed by atoms with Gasteiger partial charge < -0.3 is 15.2 Å². The van der Waals surface area contributed by atoms with Gasteiger partial charge in [-0.25, -0.2) is 4.79 Å². The first-order valence-electron chi connectivity index (χ1n) is 7.21. The van der Waals surface area contributed by atoms with Crippen molar-refractivity contribution in [3.8, 4) is 11.5 Å². The van der Waals surface area contributed by atoms with Gasteiger partial charge in [0.2, 0.25) is 6.79 Å². The number of nitrogens with one attached hydrogen (secondary N) is 1. The predicted molar refractivity (Wildman–Crippen MR) is 78.9 cm³/mol. The number of hydrogen-bond donors (Lipinski definition) is 2. The van der Waals surface area contributed by atoms with Crippen molar-refractivity contribution in [1.82, 2.24) is 10.2 Å². The minimum atomic E-state index is -0.524. The topological polar surface area (TPSA) is 93.5 Å². The molecule has 22 heavy (non-hydrogen) atoms. The highest BCUT2D eigenvalue weighted by Crippen LogP contribution is 2.40. The number of benzene rings is 1. The maximum atomic E-state index is 11.8. The molecule has 0 unspecified atom stereocenters. The second-order valence-corrected chi connectivity index (χ2v) is 5.56. The van der Waals surface area contributed by atoms with Crippen molar-refractivity contribution in [2.45, 2.75) is 25.3 Å². The van der Waals surface area contributed by atoms with E-state index in [0.29, 0.717) is 29.8 Å². The molecule has 2 aliphatic rings. The number of urea groups is 1. The fraction of sp³-hybridized carbons (Fsp3) is 0.333. The van der Waals surface area contributed by atoms with Crippen LogP contribution in [0.15, 0.2) is 24.3 Å². The van der Waals surface area contributed by atoms with Crippen LogP contribution in [0.5, 0.6) is 11.5 Å². The lowest BCUT2D eigenvalue weighted by Crippen LogP contribution is -2.35. The third-order valence-electron chi connectivity index (χ3n) is 3.91. The van der Waals surface area contributed by atoms with E-state index in [1.165, 1.54) is 4.90 Å². The van der Waals surface area contributed by atoms with E-state index in [4.69, 9.17) is 15.2 Å². The number of nitrogens with two attached hydrogens (primary N) is 1. The first kappa shape index (κ1) is 13.0. The lowest BCUT2D eigenvalue weighted by Gasteiger charge is -2.18. The second kappa shape index (κ2) is 4.94. The van der Waals surface area contributed by atoms with Gasteiger partial charge in [0.05, 0.1) is 12.2 Å². The Balaban J connectivity index is 1.57. The fourth-order valence-electron chi connectivity index (χ4n) is 2.56. The highest BCUT2D eigenvalue weighted by atomic mass is 16.7. The summed E-state index contributed by atoms with van der Waals surface area (Å²) in [6.45, 7) is 0.571. The van der Waals surface area contributed by atoms with Crippen LogP contribution in [0.2, 0.25) is 0 Å². The van der Waals surface area contributed by atoms with Gasteiger partial charge in [0, 0.05) is 12.0 Å². The zero-order valence-corrected chi connectivity index (χ0v) is 11.9. The molecule has 2 aromatic rings. The summed E-state index contributed by atoms with van der Waals surface area (Å²) in [6, 6.07) is 6.95. The number of hydrogen-bond acceptors (Lipinski definition) is 4. The molecule has 1 aromatic heterocycles. The second-order valence-electron chi connectivity index (χ2n) is 5.56. The van der Waals surface area contributed by atoms with Crippen LogP contribution in [0.3, 0.4) is 0 Å². The van der Waals surface area contributed by atoms with Gasteiger partial charge in [0.15, 0.2) is 11.5 Å². The Morgan fingerprint density at radius 2 is 2.14 bits per heavy atom. The number of anilines is 1. The lowest BCUT2D eigenvalue weighted by atomic mass is 10.2. The monoisotopic (exact) mass is 300 g/mol. The molecule has 2 amide bonds. The van der Waals surface area contributed by atoms with Crippen molar-refractivity contribution in [2.75, 3.05) is 11.7 Å². The Labute approximate surface area is 127 Å². The van der Waals surface area contributed by atoms with E-state index in [1.807, 2.05) is 24.3 Å². The third kappa shape index (κ3) is 2.34. The van der Waals surface area contributed by atoms with Gasteiger partial charge >= 0.3 is 6.03 Å². The van der Waals surface area contributed by atoms with Crippen LogP contribution >= 0.6 is 0 Å². The first-order chi connectivity index (χ1) is 10.7. The Morgan fingerprint density at radius 3 is 2.91 bits per heavy atom. The molecule has 7 nitrogen and oxygen atoms in total. The van der Waals surface area contributed by atoms with E-state index >= 15 is 0 Å². The summed E-state index contributed by atoms with van der Waals surface area (Å²) in [5.41, 5.74) is 7.41. The van der Waals surface area contributed by atoms with Crippen molar-refractivity contribution in [3.63, 3.8) is 0 Å². The standard InChI is InChI=1S/C15H16N4O3/c16-15(20)19(14-6-11(17-18-14)10-2-3-10)7-9-1-4-12-13(5-9)22-8-21-12/h1,4-6,10H,2-3,7-8H2,(H2,16,20)(H,17,18). The van der Waals surface area contributed by atoms with Crippen LogP contribution in [-0.2, 0) is 6.54 Å². The van der Waals surface area contributed by atoms with Crippen molar-refractivity contribution in [1.29, 1.82) is 0 Å². The van der Waals surface area contributed by atoms with Gasteiger partial charge in [-0.3, -0.25) is 10.00 Å². The highest BCUT2D eigenvalue weighted by Gasteiger charge is 2.27. The van der Waals surface area contributed by atoms with Crippen LogP contribution in [-0.4, -0.2) is 23.0 Å². The molecule has 1 fully saturated rings. The zero-order chi connectivity index (χ0) is 15.1. The molecule has 0 atom stereocenters. The number of ether oxygens (including phenoxy) is 2. The summed E-state index contributed by atoms with van der Waals surface area (Å²) < 4.78 is 10.6. The van der Waals surface area contributed by atoms with Crippen molar-refractivity contribution < 1.29 is 14.3 Å². The molecule has 2 heterocycles. The molecule has 4 rings (SSSR count). The van der Waals surface area contributed by atoms with Gasteiger partial charge in [-0.05, 0) is 30.5 Å². The van der Waals surface area contributed by atoms with Crippen LogP contribution in [0, 0.1) is 0 Å². The quantitative estimate of drug-likeness (QED) is 0.904. The third-order valence-corrected chi connectivity index (χ3v) is 3.91. The molecule has 1 saturated carbocycles. The molecule has 0 bridgehead atoms. The smallest absolute Gasteiger partial charge is 0.320 e. The molecule has 3 N–H and O–H groups in total. The summed E-state index contributed by atoms with van der Waals surface area (Å²) in [5, 5.41) is 7.16. The van der Waals surface area contributed by atoms with E-state index < -0.39 is 6.03 Å². The van der Waals surface area contributed by atoms with Crippen molar-refractivity contribution in [3.05, 3.63) is 35.5 Å². The summed E-state index contributed by atoms with van der Waals surface area (Å²) in [6.07, 6.45) is 2.31. The van der Waals surface area contributed by atoms with E-state index in [0.717, 1.165) is 24.1 Å². The molecule has 0 saturated heterocycles. The van der Waals surface area contributed by atoms with Gasteiger partial charge in [-0.1, -0.05) is 6.07 Å². The first-order valence-corrected chi connectivity index (χ1v) is 7.21. The maximum Gasteiger partial charge on any atom is 0.320 e. The molecular formula is C15H16N4O3. The number of carbonyl (C=O) groups is 1. The normalized spacial score (nSPS) is 15.8. The highest BCUT2D eigenvalue weighted by molar-refractivity contribution is 5.89. The minimum absolute atomic E-state index is 0.226. The number of rotatable bonds is 4. The van der Waals surface area contributed by atoms with E-state index in [9.17, 15) is 4.79 Å². The average Bonchev–Trinajstić information content (AvgIpc) is 3.07. The molecule has 0 spiro atoms. The Hall–Kier alpha value is -2.70. The Bertz CT molecular complexity index is 723. The SMILES string of the molecule is NC(=O)N(Cc1ccc2c(c1)OCO2)c1cc(C2CC2)n[nH]1. The van der Waals surface area contributed by atoms with E-state index in [1.54, 1.807) is 0 Å². The summed E-state index contributed by atoms with van der Waals surface area (Å²) in [4.78, 5) is 13.2. The summed E-state index contributed by atoms with van der Waals surface area (Å²) in [7, 11) is 0. The van der Waals surface area contributed by atoms with Crippen molar-refractivity contribution >= 4 is 11.8 Å². The fourth-order valence-corrected chi connectivity index (χ4v) is 2.56. The van der Waals surface area contributed by atoms with Gasteiger partial charge in [-0.2, -0.15) is 5.10 Å². The maximum absolute atomic E-state index is 11.8. The van der Waals surface area contributed by atoms with E-state index in [-0.39, 0.29) is 6.79 Å². The number of primary amides is 1. The molecule has 1 aliphatic carbocycles. The van der Waals surface area contributed by atoms with Crippen molar-refractivity contribution in [2.24, 2.45) is 5.73 Å². The van der Waals surface area contributed by atoms with Crippen LogP contribution < -0.4 is 20.1 Å². The largest absolute Gasteiger partial charge is 0.454 e. The predicted octanol–water partition coefficient (Wildman–Crippen LogP) is 2.10. The molecular weight excluding hydrogens is 284 g/mol. The number of amides is 2. The molecule has 1 aliphatic heterocycles. The summed E-state index contributed by atoms with van der Waals surface area (Å²) in [5.74, 6) is 2.54. The van der Waals surface area contributed by atoms with Gasteiger partial charge in [0.1, 0.15) is 5.82 Å². The van der Waals surface area contributed by atoms with Crippen LogP contribution in [0.4, 0.5) is 10.6 Å². The molecule has 1 aromatic carbocycles. The van der Waals surface area contributed by atoms with Crippen LogP contribution in [0.1, 0.15) is 30.0 Å². The van der Waals surface area contributed by atoms with Gasteiger partial charge in [-0.15, -0.1) is 0 Å². The Morgan fingerprint density at radius 1 is 1.32 bits per heavy atom. The van der Waals surface area contributed by atoms with Crippen LogP contribution in [0.25, 0.3) is 0 Å². The van der Waals surface area contributed by atoms with Gasteiger partial charge in [0.25, 0.3) is 0 Å².